The molecule has 0 saturated heterocycles. The fourth-order valence-corrected chi connectivity index (χ4v) is 5.80. The number of thiophene rings is 2. The van der Waals surface area contributed by atoms with E-state index >= 15 is 0 Å². The smallest absolute Gasteiger partial charge is 0.234 e. The fourth-order valence-electron chi connectivity index (χ4n) is 4.02. The first-order chi connectivity index (χ1) is 11.8. The zero-order valence-corrected chi connectivity index (χ0v) is 15.5. The van der Waals surface area contributed by atoms with Crippen LogP contribution < -0.4 is 5.32 Å². The van der Waals surface area contributed by atoms with Gasteiger partial charge in [-0.3, -0.25) is 9.69 Å². The number of amides is 1. The number of rotatable bonds is 4. The van der Waals surface area contributed by atoms with Gasteiger partial charge in [-0.05, 0) is 47.7 Å². The maximum atomic E-state index is 12.6. The van der Waals surface area contributed by atoms with E-state index in [1.165, 1.54) is 34.6 Å². The molecule has 0 radical (unpaired) electrons. The van der Waals surface area contributed by atoms with Crippen molar-refractivity contribution in [1.29, 1.82) is 0 Å². The minimum Gasteiger partial charge on any atom is -0.352 e. The van der Waals surface area contributed by atoms with E-state index in [2.05, 4.69) is 39.2 Å². The predicted octanol–water partition coefficient (Wildman–Crippen LogP) is 4.21. The van der Waals surface area contributed by atoms with E-state index in [1.807, 2.05) is 11.3 Å². The Balaban J connectivity index is 1.48. The maximum absolute atomic E-state index is 12.6. The van der Waals surface area contributed by atoms with E-state index in [9.17, 15) is 4.79 Å². The number of carbonyl (C=O) groups is 1. The molecule has 24 heavy (non-hydrogen) atoms. The van der Waals surface area contributed by atoms with Crippen molar-refractivity contribution < 1.29 is 4.79 Å². The zero-order chi connectivity index (χ0) is 16.4. The summed E-state index contributed by atoms with van der Waals surface area (Å²) < 4.78 is 0. The summed E-state index contributed by atoms with van der Waals surface area (Å²) in [5.74, 6) is 0.196. The number of fused-ring (bicyclic) bond motifs is 1. The molecule has 0 aromatic carbocycles. The standard InChI is InChI=1S/C19H24N2OS2/c22-18(20-14-5-2-1-3-6-14)13-21-10-8-16-15(9-12-24-16)19(21)17-7-4-11-23-17/h4,7,9,11-12,14,19H,1-3,5-6,8,10,13H2,(H,20,22)/t19-/m0/s1. The highest BCUT2D eigenvalue weighted by Gasteiger charge is 2.31. The van der Waals surface area contributed by atoms with Gasteiger partial charge in [0, 0.05) is 22.3 Å². The van der Waals surface area contributed by atoms with Gasteiger partial charge in [-0.25, -0.2) is 0 Å². The van der Waals surface area contributed by atoms with Crippen molar-refractivity contribution >= 4 is 28.6 Å². The molecule has 1 N–H and O–H groups in total. The number of nitrogens with zero attached hydrogens (tertiary/aromatic N) is 1. The highest BCUT2D eigenvalue weighted by Crippen LogP contribution is 2.39. The van der Waals surface area contributed by atoms with Crippen molar-refractivity contribution in [2.24, 2.45) is 0 Å². The van der Waals surface area contributed by atoms with Gasteiger partial charge in [0.1, 0.15) is 0 Å². The van der Waals surface area contributed by atoms with Crippen LogP contribution in [0.15, 0.2) is 29.0 Å². The SMILES string of the molecule is O=C(CN1CCc2sccc2[C@H]1c1cccs1)NC1CCCCC1. The fraction of sp³-hybridized carbons (Fsp3) is 0.526. The van der Waals surface area contributed by atoms with Crippen molar-refractivity contribution in [3.63, 3.8) is 0 Å². The highest BCUT2D eigenvalue weighted by molar-refractivity contribution is 7.10. The second-order valence-electron chi connectivity index (χ2n) is 6.84. The van der Waals surface area contributed by atoms with E-state index in [-0.39, 0.29) is 11.9 Å². The van der Waals surface area contributed by atoms with E-state index < -0.39 is 0 Å². The monoisotopic (exact) mass is 360 g/mol. The summed E-state index contributed by atoms with van der Waals surface area (Å²) in [6.07, 6.45) is 7.19. The molecule has 1 aliphatic heterocycles. The summed E-state index contributed by atoms with van der Waals surface area (Å²) in [6.45, 7) is 1.47. The second-order valence-corrected chi connectivity index (χ2v) is 8.82. The summed E-state index contributed by atoms with van der Waals surface area (Å²) in [4.78, 5) is 17.8. The first kappa shape index (κ1) is 16.3. The van der Waals surface area contributed by atoms with Gasteiger partial charge in [0.2, 0.25) is 5.91 Å². The van der Waals surface area contributed by atoms with Crippen molar-refractivity contribution in [2.75, 3.05) is 13.1 Å². The molecular weight excluding hydrogens is 336 g/mol. The van der Waals surface area contributed by atoms with E-state index in [1.54, 1.807) is 11.3 Å². The van der Waals surface area contributed by atoms with Gasteiger partial charge in [0.15, 0.2) is 0 Å². The summed E-state index contributed by atoms with van der Waals surface area (Å²) in [7, 11) is 0. The van der Waals surface area contributed by atoms with Gasteiger partial charge in [-0.15, -0.1) is 22.7 Å². The molecule has 2 aliphatic rings. The van der Waals surface area contributed by atoms with Gasteiger partial charge in [0.05, 0.1) is 12.6 Å². The molecular formula is C19H24N2OS2. The van der Waals surface area contributed by atoms with Crippen molar-refractivity contribution in [3.05, 3.63) is 44.3 Å². The molecule has 2 aromatic rings. The Morgan fingerprint density at radius 3 is 2.83 bits per heavy atom. The predicted molar refractivity (Wildman–Crippen MR) is 101 cm³/mol. The molecule has 3 heterocycles. The number of hydrogen-bond acceptors (Lipinski definition) is 4. The maximum Gasteiger partial charge on any atom is 0.234 e. The summed E-state index contributed by atoms with van der Waals surface area (Å²) in [5.41, 5.74) is 1.40. The molecule has 0 unspecified atom stereocenters. The molecule has 1 aliphatic carbocycles. The number of carbonyl (C=O) groups excluding carboxylic acids is 1. The third-order valence-electron chi connectivity index (χ3n) is 5.20. The van der Waals surface area contributed by atoms with Crippen molar-refractivity contribution in [1.82, 2.24) is 10.2 Å². The quantitative estimate of drug-likeness (QED) is 0.886. The summed E-state index contributed by atoms with van der Waals surface area (Å²) >= 11 is 3.65. The molecule has 3 nitrogen and oxygen atoms in total. The normalized spacial score (nSPS) is 22.2. The van der Waals surface area contributed by atoms with Crippen LogP contribution in [0.5, 0.6) is 0 Å². The lowest BCUT2D eigenvalue weighted by Gasteiger charge is -2.35. The number of hydrogen-bond donors (Lipinski definition) is 1. The van der Waals surface area contributed by atoms with Crippen LogP contribution in [0.25, 0.3) is 0 Å². The minimum absolute atomic E-state index is 0.196. The highest BCUT2D eigenvalue weighted by atomic mass is 32.1. The van der Waals surface area contributed by atoms with Gasteiger partial charge in [0.25, 0.3) is 0 Å². The van der Waals surface area contributed by atoms with Gasteiger partial charge in [-0.2, -0.15) is 0 Å². The first-order valence-electron chi connectivity index (χ1n) is 8.94. The second kappa shape index (κ2) is 7.38. The van der Waals surface area contributed by atoms with Crippen LogP contribution in [-0.4, -0.2) is 29.9 Å². The Labute approximate surface area is 151 Å². The minimum atomic E-state index is 0.196. The Morgan fingerprint density at radius 1 is 1.17 bits per heavy atom. The third-order valence-corrected chi connectivity index (χ3v) is 7.12. The Bertz CT molecular complexity index is 673. The molecule has 2 aromatic heterocycles. The van der Waals surface area contributed by atoms with E-state index in [4.69, 9.17) is 0 Å². The summed E-state index contributed by atoms with van der Waals surface area (Å²) in [6, 6.07) is 7.20. The van der Waals surface area contributed by atoms with Crippen LogP contribution in [0.2, 0.25) is 0 Å². The van der Waals surface area contributed by atoms with Crippen LogP contribution in [0.3, 0.4) is 0 Å². The van der Waals surface area contributed by atoms with E-state index in [0.29, 0.717) is 12.6 Å². The van der Waals surface area contributed by atoms with Crippen molar-refractivity contribution in [3.8, 4) is 0 Å². The van der Waals surface area contributed by atoms with E-state index in [0.717, 1.165) is 25.8 Å². The lowest BCUT2D eigenvalue weighted by Crippen LogP contribution is -2.45. The third kappa shape index (κ3) is 3.44. The molecule has 1 amide bonds. The summed E-state index contributed by atoms with van der Waals surface area (Å²) in [5, 5.41) is 7.60. The average Bonchev–Trinajstić information content (AvgIpc) is 3.27. The zero-order valence-electron chi connectivity index (χ0n) is 13.9. The lowest BCUT2D eigenvalue weighted by molar-refractivity contribution is -0.123. The first-order valence-corrected chi connectivity index (χ1v) is 10.7. The number of nitrogens with one attached hydrogen (secondary N) is 1. The lowest BCUT2D eigenvalue weighted by atomic mass is 9.95. The Kier molecular flexibility index (Phi) is 5.01. The van der Waals surface area contributed by atoms with Crippen molar-refractivity contribution in [2.45, 2.75) is 50.6 Å². The molecule has 1 atom stereocenters. The van der Waals surface area contributed by atoms with Gasteiger partial charge < -0.3 is 5.32 Å². The Hall–Kier alpha value is -1.17. The molecule has 5 heteroatoms. The molecule has 128 valence electrons. The largest absolute Gasteiger partial charge is 0.352 e. The van der Waals surface area contributed by atoms with Crippen LogP contribution in [-0.2, 0) is 11.2 Å². The van der Waals surface area contributed by atoms with Gasteiger partial charge >= 0.3 is 0 Å². The van der Waals surface area contributed by atoms with Crippen LogP contribution >= 0.6 is 22.7 Å². The molecule has 1 saturated carbocycles. The van der Waals surface area contributed by atoms with Crippen LogP contribution in [0.1, 0.15) is 53.5 Å². The van der Waals surface area contributed by atoms with Crippen LogP contribution in [0, 0.1) is 0 Å². The molecule has 4 rings (SSSR count). The molecule has 0 bridgehead atoms. The molecule has 1 fully saturated rings. The molecule has 0 spiro atoms. The Morgan fingerprint density at radius 2 is 2.04 bits per heavy atom. The topological polar surface area (TPSA) is 32.3 Å². The van der Waals surface area contributed by atoms with Gasteiger partial charge in [-0.1, -0.05) is 25.3 Å². The average molecular weight is 361 g/mol. The van der Waals surface area contributed by atoms with Crippen LogP contribution in [0.4, 0.5) is 0 Å².